The van der Waals surface area contributed by atoms with Gasteiger partial charge in [-0.2, -0.15) is 0 Å². The minimum absolute atomic E-state index is 0.254. The minimum atomic E-state index is -0.254. The van der Waals surface area contributed by atoms with Crippen LogP contribution in [0.2, 0.25) is 0 Å². The van der Waals surface area contributed by atoms with E-state index >= 15 is 0 Å². The first kappa shape index (κ1) is 18.5. The molecule has 132 valence electrons. The van der Waals surface area contributed by atoms with Crippen LogP contribution in [0.1, 0.15) is 22.3 Å². The maximum atomic E-state index is 12.4. The van der Waals surface area contributed by atoms with Crippen molar-refractivity contribution in [2.24, 2.45) is 5.16 Å². The Morgan fingerprint density at radius 2 is 1.80 bits per heavy atom. The molecule has 5 nitrogen and oxygen atoms in total. The maximum Gasteiger partial charge on any atom is 0.273 e. The van der Waals surface area contributed by atoms with Gasteiger partial charge in [-0.15, -0.1) is 0 Å². The molecule has 0 fully saturated rings. The highest BCUT2D eigenvalue weighted by Crippen LogP contribution is 2.18. The second-order valence-corrected chi connectivity index (χ2v) is 5.80. The summed E-state index contributed by atoms with van der Waals surface area (Å²) in [5.74, 6) is 0.609. The van der Waals surface area contributed by atoms with Crippen LogP contribution in [0.5, 0.6) is 5.75 Å². The molecule has 2 aromatic carbocycles. The summed E-state index contributed by atoms with van der Waals surface area (Å²) in [7, 11) is 3.09. The Labute approximate surface area is 148 Å². The van der Waals surface area contributed by atoms with Crippen LogP contribution in [0, 0.1) is 13.8 Å². The molecule has 0 saturated carbocycles. The van der Waals surface area contributed by atoms with E-state index in [0.717, 1.165) is 34.4 Å². The van der Waals surface area contributed by atoms with Crippen LogP contribution in [-0.2, 0) is 16.1 Å². The predicted molar refractivity (Wildman–Crippen MR) is 99.2 cm³/mol. The summed E-state index contributed by atoms with van der Waals surface area (Å²) in [5.41, 5.74) is 4.33. The number of rotatable bonds is 7. The van der Waals surface area contributed by atoms with Gasteiger partial charge in [0, 0.05) is 12.1 Å². The van der Waals surface area contributed by atoms with Crippen molar-refractivity contribution in [2.45, 2.75) is 20.3 Å². The number of hydrogen-bond donors (Lipinski definition) is 1. The smallest absolute Gasteiger partial charge is 0.273 e. The van der Waals surface area contributed by atoms with E-state index < -0.39 is 0 Å². The molecule has 25 heavy (non-hydrogen) atoms. The second kappa shape index (κ2) is 8.87. The van der Waals surface area contributed by atoms with Crippen molar-refractivity contribution in [1.82, 2.24) is 5.32 Å². The summed E-state index contributed by atoms with van der Waals surface area (Å²) in [4.78, 5) is 17.3. The van der Waals surface area contributed by atoms with Crippen molar-refractivity contribution in [3.8, 4) is 5.75 Å². The number of oxime groups is 1. The third-order valence-electron chi connectivity index (χ3n) is 3.88. The lowest BCUT2D eigenvalue weighted by Crippen LogP contribution is -2.33. The second-order valence-electron chi connectivity index (χ2n) is 5.80. The molecule has 1 N–H and O–H groups in total. The molecular weight excluding hydrogens is 316 g/mol. The van der Waals surface area contributed by atoms with Crippen LogP contribution >= 0.6 is 0 Å². The molecule has 2 rings (SSSR count). The van der Waals surface area contributed by atoms with Gasteiger partial charge in [0.15, 0.2) is 5.71 Å². The summed E-state index contributed by atoms with van der Waals surface area (Å²) < 4.78 is 5.26. The first-order valence-electron chi connectivity index (χ1n) is 8.15. The van der Waals surface area contributed by atoms with E-state index in [1.165, 1.54) is 7.11 Å². The number of nitrogens with one attached hydrogen (secondary N) is 1. The molecule has 5 heteroatoms. The van der Waals surface area contributed by atoms with Crippen LogP contribution in [0.15, 0.2) is 47.6 Å². The number of nitrogens with zero attached hydrogens (tertiary/aromatic N) is 1. The average molecular weight is 340 g/mol. The minimum Gasteiger partial charge on any atom is -0.496 e. The van der Waals surface area contributed by atoms with Crippen molar-refractivity contribution < 1.29 is 14.4 Å². The molecule has 0 heterocycles. The van der Waals surface area contributed by atoms with E-state index in [1.54, 1.807) is 7.11 Å². The molecule has 0 atom stereocenters. The zero-order valence-corrected chi connectivity index (χ0v) is 15.1. The quantitative estimate of drug-likeness (QED) is 0.622. The van der Waals surface area contributed by atoms with Gasteiger partial charge in [0.25, 0.3) is 5.91 Å². The summed E-state index contributed by atoms with van der Waals surface area (Å²) in [6.45, 7) is 4.51. The number of hydrogen-bond acceptors (Lipinski definition) is 4. The lowest BCUT2D eigenvalue weighted by molar-refractivity contribution is -0.114. The zero-order chi connectivity index (χ0) is 18.2. The van der Waals surface area contributed by atoms with Gasteiger partial charge in [0.05, 0.1) is 7.11 Å². The van der Waals surface area contributed by atoms with Gasteiger partial charge in [0.2, 0.25) is 0 Å². The average Bonchev–Trinajstić information content (AvgIpc) is 2.60. The van der Waals surface area contributed by atoms with E-state index in [2.05, 4.69) is 16.5 Å². The van der Waals surface area contributed by atoms with Crippen molar-refractivity contribution in [3.63, 3.8) is 0 Å². The SMILES string of the molecule is CON=C(C(=O)NCCc1ccc(OC)c(C)c1)c1ccc(C)cc1. The van der Waals surface area contributed by atoms with Gasteiger partial charge in [0.1, 0.15) is 12.9 Å². The highest BCUT2D eigenvalue weighted by Gasteiger charge is 2.14. The summed E-state index contributed by atoms with van der Waals surface area (Å²) in [6, 6.07) is 13.6. The van der Waals surface area contributed by atoms with E-state index in [4.69, 9.17) is 9.57 Å². The Bertz CT molecular complexity index is 752. The molecule has 0 bridgehead atoms. The lowest BCUT2D eigenvalue weighted by atomic mass is 10.1. The molecule has 0 aliphatic heterocycles. The number of ether oxygens (including phenoxy) is 1. The molecule has 0 aliphatic rings. The van der Waals surface area contributed by atoms with Crippen molar-refractivity contribution in [3.05, 3.63) is 64.7 Å². The Hall–Kier alpha value is -2.82. The first-order chi connectivity index (χ1) is 12.0. The number of carbonyl (C=O) groups is 1. The number of methoxy groups -OCH3 is 1. The number of aryl methyl sites for hydroxylation is 2. The molecule has 0 saturated heterocycles. The largest absolute Gasteiger partial charge is 0.496 e. The van der Waals surface area contributed by atoms with Gasteiger partial charge in [-0.05, 0) is 37.5 Å². The van der Waals surface area contributed by atoms with Gasteiger partial charge < -0.3 is 14.9 Å². The molecule has 0 unspecified atom stereocenters. The standard InChI is InChI=1S/C20H24N2O3/c1-14-5-8-17(9-6-14)19(22-25-4)20(23)21-12-11-16-7-10-18(24-3)15(2)13-16/h5-10,13H,11-12H2,1-4H3,(H,21,23). The summed E-state index contributed by atoms with van der Waals surface area (Å²) >= 11 is 0. The van der Waals surface area contributed by atoms with E-state index in [-0.39, 0.29) is 11.6 Å². The van der Waals surface area contributed by atoms with Gasteiger partial charge in [-0.3, -0.25) is 4.79 Å². The van der Waals surface area contributed by atoms with Crippen molar-refractivity contribution in [2.75, 3.05) is 20.8 Å². The predicted octanol–water partition coefficient (Wildman–Crippen LogP) is 3.02. The van der Waals surface area contributed by atoms with Gasteiger partial charge in [-0.25, -0.2) is 0 Å². The van der Waals surface area contributed by atoms with Crippen molar-refractivity contribution in [1.29, 1.82) is 0 Å². The summed E-state index contributed by atoms with van der Waals surface area (Å²) in [6.07, 6.45) is 0.727. The fourth-order valence-corrected chi connectivity index (χ4v) is 2.53. The van der Waals surface area contributed by atoms with Gasteiger partial charge in [-0.1, -0.05) is 47.1 Å². The molecule has 0 radical (unpaired) electrons. The third-order valence-corrected chi connectivity index (χ3v) is 3.88. The zero-order valence-electron chi connectivity index (χ0n) is 15.1. The van der Waals surface area contributed by atoms with Crippen LogP contribution in [0.25, 0.3) is 0 Å². The fourth-order valence-electron chi connectivity index (χ4n) is 2.53. The Morgan fingerprint density at radius 3 is 2.40 bits per heavy atom. The Morgan fingerprint density at radius 1 is 1.08 bits per heavy atom. The monoisotopic (exact) mass is 340 g/mol. The molecular formula is C20H24N2O3. The topological polar surface area (TPSA) is 59.9 Å². The van der Waals surface area contributed by atoms with Crippen LogP contribution in [0.3, 0.4) is 0 Å². The highest BCUT2D eigenvalue weighted by atomic mass is 16.6. The molecule has 2 aromatic rings. The van der Waals surface area contributed by atoms with Crippen LogP contribution < -0.4 is 10.1 Å². The Balaban J connectivity index is 1.98. The summed E-state index contributed by atoms with van der Waals surface area (Å²) in [5, 5.41) is 6.77. The fraction of sp³-hybridized carbons (Fsp3) is 0.300. The van der Waals surface area contributed by atoms with Crippen LogP contribution in [0.4, 0.5) is 0 Å². The normalized spacial score (nSPS) is 11.1. The van der Waals surface area contributed by atoms with Gasteiger partial charge >= 0.3 is 0 Å². The molecule has 0 spiro atoms. The number of carbonyl (C=O) groups excluding carboxylic acids is 1. The van der Waals surface area contributed by atoms with E-state index in [9.17, 15) is 4.79 Å². The molecule has 0 aromatic heterocycles. The lowest BCUT2D eigenvalue weighted by Gasteiger charge is -2.10. The van der Waals surface area contributed by atoms with Crippen LogP contribution in [-0.4, -0.2) is 32.4 Å². The Kier molecular flexibility index (Phi) is 6.57. The van der Waals surface area contributed by atoms with Crippen molar-refractivity contribution >= 4 is 11.6 Å². The highest BCUT2D eigenvalue weighted by molar-refractivity contribution is 6.45. The molecule has 1 amide bonds. The maximum absolute atomic E-state index is 12.4. The first-order valence-corrected chi connectivity index (χ1v) is 8.15. The number of benzene rings is 2. The third kappa shape index (κ3) is 5.08. The van der Waals surface area contributed by atoms with E-state index in [0.29, 0.717) is 6.54 Å². The molecule has 0 aliphatic carbocycles. The number of amides is 1. The van der Waals surface area contributed by atoms with E-state index in [1.807, 2.05) is 50.2 Å².